The fourth-order valence-electron chi connectivity index (χ4n) is 4.88. The number of phenolic OH excluding ortho intramolecular Hbond substituents is 1. The Morgan fingerprint density at radius 3 is 2.49 bits per heavy atom. The molecule has 5 rings (SSSR count). The number of nitrogens with zero attached hydrogens (tertiary/aromatic N) is 1. The van der Waals surface area contributed by atoms with Gasteiger partial charge in [-0.2, -0.15) is 0 Å². The zero-order valence-corrected chi connectivity index (χ0v) is 21.0. The van der Waals surface area contributed by atoms with E-state index in [-0.39, 0.29) is 23.4 Å². The minimum atomic E-state index is -0.312. The van der Waals surface area contributed by atoms with Gasteiger partial charge in [0.1, 0.15) is 17.6 Å². The van der Waals surface area contributed by atoms with Gasteiger partial charge in [0.2, 0.25) is 11.5 Å². The maximum absolute atomic E-state index is 13.8. The molecule has 0 amide bonds. The summed E-state index contributed by atoms with van der Waals surface area (Å²) in [4.78, 5) is 16.0. The van der Waals surface area contributed by atoms with Crippen molar-refractivity contribution in [2.45, 2.75) is 12.6 Å². The highest BCUT2D eigenvalue weighted by Gasteiger charge is 2.28. The van der Waals surface area contributed by atoms with Crippen LogP contribution in [0.2, 0.25) is 0 Å². The summed E-state index contributed by atoms with van der Waals surface area (Å²) in [5.41, 5.74) is 2.88. The molecule has 192 valence electrons. The van der Waals surface area contributed by atoms with Crippen LogP contribution >= 0.6 is 0 Å². The zero-order chi connectivity index (χ0) is 25.9. The number of fused-ring (bicyclic) bond motifs is 1. The first-order valence-corrected chi connectivity index (χ1v) is 12.0. The maximum atomic E-state index is 13.8. The second kappa shape index (κ2) is 10.5. The number of furan rings is 1. The van der Waals surface area contributed by atoms with Crippen molar-refractivity contribution in [3.05, 3.63) is 83.1 Å². The standard InChI is InChI=1S/C29H29NO7/c1-33-24-11-9-19(28(34-2)29(24)35-3)27(32)21-17-37-23-12-10-22(31)20(26(21)23)15-30-13-14-36-25(16-30)18-7-5-4-6-8-18/h4-12,17,25,31H,13-16H2,1-3H3. The van der Waals surface area contributed by atoms with Crippen molar-refractivity contribution in [3.63, 3.8) is 0 Å². The van der Waals surface area contributed by atoms with Gasteiger partial charge >= 0.3 is 0 Å². The molecule has 0 saturated carbocycles. The largest absolute Gasteiger partial charge is 0.508 e. The molecular weight excluding hydrogens is 474 g/mol. The van der Waals surface area contributed by atoms with Gasteiger partial charge < -0.3 is 28.5 Å². The van der Waals surface area contributed by atoms with Crippen molar-refractivity contribution in [3.8, 4) is 23.0 Å². The van der Waals surface area contributed by atoms with Crippen LogP contribution in [0.15, 0.2) is 65.3 Å². The van der Waals surface area contributed by atoms with Crippen LogP contribution < -0.4 is 14.2 Å². The molecule has 1 aliphatic heterocycles. The Morgan fingerprint density at radius 2 is 1.76 bits per heavy atom. The van der Waals surface area contributed by atoms with E-state index in [9.17, 15) is 9.90 Å². The molecule has 1 aliphatic rings. The fourth-order valence-corrected chi connectivity index (χ4v) is 4.88. The van der Waals surface area contributed by atoms with Crippen molar-refractivity contribution in [1.29, 1.82) is 0 Å². The molecule has 1 atom stereocenters. The molecule has 1 N–H and O–H groups in total. The number of methoxy groups -OCH3 is 3. The van der Waals surface area contributed by atoms with Gasteiger partial charge in [0, 0.05) is 30.6 Å². The third-order valence-corrected chi connectivity index (χ3v) is 6.72. The molecule has 0 radical (unpaired) electrons. The van der Waals surface area contributed by atoms with Crippen molar-refractivity contribution in [2.75, 3.05) is 41.0 Å². The molecule has 1 aromatic heterocycles. The van der Waals surface area contributed by atoms with E-state index in [0.29, 0.717) is 65.4 Å². The number of ether oxygens (including phenoxy) is 4. The van der Waals surface area contributed by atoms with Crippen LogP contribution in [0.5, 0.6) is 23.0 Å². The molecule has 8 nitrogen and oxygen atoms in total. The minimum Gasteiger partial charge on any atom is -0.508 e. The summed E-state index contributed by atoms with van der Waals surface area (Å²) in [5.74, 6) is 0.831. The first-order valence-electron chi connectivity index (χ1n) is 12.0. The van der Waals surface area contributed by atoms with Crippen LogP contribution in [0.1, 0.15) is 33.2 Å². The van der Waals surface area contributed by atoms with Gasteiger partial charge in [-0.05, 0) is 29.8 Å². The van der Waals surface area contributed by atoms with Crippen LogP contribution in [-0.4, -0.2) is 56.8 Å². The summed E-state index contributed by atoms with van der Waals surface area (Å²) < 4.78 is 28.1. The number of aromatic hydroxyl groups is 1. The lowest BCUT2D eigenvalue weighted by atomic mass is 9.97. The van der Waals surface area contributed by atoms with Crippen molar-refractivity contribution in [2.24, 2.45) is 0 Å². The van der Waals surface area contributed by atoms with Gasteiger partial charge in [-0.3, -0.25) is 9.69 Å². The van der Waals surface area contributed by atoms with Gasteiger partial charge in [0.15, 0.2) is 11.5 Å². The predicted octanol–water partition coefficient (Wildman–Crippen LogP) is 4.97. The van der Waals surface area contributed by atoms with Crippen LogP contribution in [-0.2, 0) is 11.3 Å². The molecule has 8 heteroatoms. The third-order valence-electron chi connectivity index (χ3n) is 6.72. The van der Waals surface area contributed by atoms with Gasteiger partial charge in [0.25, 0.3) is 0 Å². The van der Waals surface area contributed by atoms with Crippen LogP contribution in [0.25, 0.3) is 11.0 Å². The zero-order valence-electron chi connectivity index (χ0n) is 21.0. The van der Waals surface area contributed by atoms with Gasteiger partial charge in [-0.1, -0.05) is 30.3 Å². The number of morpholine rings is 1. The molecule has 0 bridgehead atoms. The van der Waals surface area contributed by atoms with E-state index in [1.807, 2.05) is 18.2 Å². The average Bonchev–Trinajstić information content (AvgIpc) is 3.38. The monoisotopic (exact) mass is 503 g/mol. The number of benzene rings is 3. The van der Waals surface area contributed by atoms with Crippen molar-refractivity contribution < 1.29 is 33.3 Å². The number of ketones is 1. The van der Waals surface area contributed by atoms with E-state index < -0.39 is 0 Å². The van der Waals surface area contributed by atoms with Crippen LogP contribution in [0.3, 0.4) is 0 Å². The number of hydrogen-bond donors (Lipinski definition) is 1. The molecule has 1 saturated heterocycles. The first-order chi connectivity index (χ1) is 18.0. The maximum Gasteiger partial charge on any atom is 0.204 e. The number of rotatable bonds is 8. The predicted molar refractivity (Wildman–Crippen MR) is 138 cm³/mol. The fraction of sp³-hybridized carbons (Fsp3) is 0.276. The summed E-state index contributed by atoms with van der Waals surface area (Å²) in [5, 5.41) is 11.5. The lowest BCUT2D eigenvalue weighted by Crippen LogP contribution is -2.37. The van der Waals surface area contributed by atoms with E-state index in [2.05, 4.69) is 17.0 Å². The molecule has 1 unspecified atom stereocenters. The molecule has 2 heterocycles. The minimum absolute atomic E-state index is 0.0715. The molecule has 37 heavy (non-hydrogen) atoms. The van der Waals surface area contributed by atoms with Crippen molar-refractivity contribution >= 4 is 16.8 Å². The van der Waals surface area contributed by atoms with Crippen molar-refractivity contribution in [1.82, 2.24) is 4.90 Å². The first kappa shape index (κ1) is 24.7. The highest BCUT2D eigenvalue weighted by Crippen LogP contribution is 2.42. The Hall–Kier alpha value is -4.01. The average molecular weight is 504 g/mol. The second-order valence-corrected chi connectivity index (χ2v) is 8.80. The summed E-state index contributed by atoms with van der Waals surface area (Å²) in [6.07, 6.45) is 1.36. The second-order valence-electron chi connectivity index (χ2n) is 8.80. The van der Waals surface area contributed by atoms with E-state index in [1.54, 1.807) is 24.3 Å². The number of phenols is 1. The molecule has 1 fully saturated rings. The van der Waals surface area contributed by atoms with E-state index >= 15 is 0 Å². The lowest BCUT2D eigenvalue weighted by Gasteiger charge is -2.33. The molecular formula is C29H29NO7. The molecule has 0 spiro atoms. The number of hydrogen-bond acceptors (Lipinski definition) is 8. The Kier molecular flexibility index (Phi) is 7.03. The quantitative estimate of drug-likeness (QED) is 0.337. The Bertz CT molecular complexity index is 1410. The summed E-state index contributed by atoms with van der Waals surface area (Å²) in [6.45, 7) is 2.35. The highest BCUT2D eigenvalue weighted by molar-refractivity contribution is 6.18. The Labute approximate surface area is 214 Å². The Morgan fingerprint density at radius 1 is 0.973 bits per heavy atom. The van der Waals surface area contributed by atoms with E-state index in [4.69, 9.17) is 23.4 Å². The summed E-state index contributed by atoms with van der Waals surface area (Å²) in [6, 6.07) is 16.6. The summed E-state index contributed by atoms with van der Waals surface area (Å²) >= 11 is 0. The highest BCUT2D eigenvalue weighted by atomic mass is 16.5. The smallest absolute Gasteiger partial charge is 0.204 e. The molecule has 0 aliphatic carbocycles. The third kappa shape index (κ3) is 4.61. The van der Waals surface area contributed by atoms with Crippen LogP contribution in [0.4, 0.5) is 0 Å². The number of carbonyl (C=O) groups is 1. The van der Waals surface area contributed by atoms with E-state index in [1.165, 1.54) is 27.6 Å². The molecule has 3 aromatic carbocycles. The number of carbonyl (C=O) groups excluding carboxylic acids is 1. The van der Waals surface area contributed by atoms with Gasteiger partial charge in [0.05, 0.1) is 45.2 Å². The van der Waals surface area contributed by atoms with Crippen LogP contribution in [0, 0.1) is 0 Å². The van der Waals surface area contributed by atoms with Gasteiger partial charge in [-0.15, -0.1) is 0 Å². The SMILES string of the molecule is COc1ccc(C(=O)c2coc3ccc(O)c(CN4CCOC(c5ccccc5)C4)c23)c(OC)c1OC. The van der Waals surface area contributed by atoms with Gasteiger partial charge in [-0.25, -0.2) is 0 Å². The lowest BCUT2D eigenvalue weighted by molar-refractivity contribution is -0.0329. The molecule has 4 aromatic rings. The normalized spacial score (nSPS) is 16.0. The summed E-state index contributed by atoms with van der Waals surface area (Å²) in [7, 11) is 4.48. The Balaban J connectivity index is 1.52. The van der Waals surface area contributed by atoms with E-state index in [0.717, 1.165) is 5.56 Å². The topological polar surface area (TPSA) is 90.6 Å².